The van der Waals surface area contributed by atoms with Crippen LogP contribution in [0.4, 0.5) is 13.2 Å². The quantitative estimate of drug-likeness (QED) is 0.421. The van der Waals surface area contributed by atoms with Gasteiger partial charge in [-0.25, -0.2) is 9.59 Å². The van der Waals surface area contributed by atoms with Crippen molar-refractivity contribution in [1.82, 2.24) is 15.2 Å². The van der Waals surface area contributed by atoms with Crippen molar-refractivity contribution in [2.75, 3.05) is 25.4 Å². The molecule has 0 fully saturated rings. The van der Waals surface area contributed by atoms with Crippen LogP contribution in [0.1, 0.15) is 30.5 Å². The third-order valence-electron chi connectivity index (χ3n) is 5.73. The second kappa shape index (κ2) is 13.1. The molecule has 0 saturated heterocycles. The number of benzene rings is 1. The van der Waals surface area contributed by atoms with Crippen molar-refractivity contribution in [2.24, 2.45) is 0 Å². The predicted molar refractivity (Wildman–Crippen MR) is 133 cm³/mol. The van der Waals surface area contributed by atoms with Crippen LogP contribution in [-0.4, -0.2) is 63.3 Å². The third-order valence-corrected chi connectivity index (χ3v) is 6.71. The van der Waals surface area contributed by atoms with Crippen LogP contribution < -0.4 is 5.32 Å². The van der Waals surface area contributed by atoms with E-state index >= 15 is 0 Å². The van der Waals surface area contributed by atoms with Gasteiger partial charge in [0.15, 0.2) is 0 Å². The first-order chi connectivity index (χ1) is 17.9. The highest BCUT2D eigenvalue weighted by atomic mass is 32.2. The Bertz CT molecular complexity index is 1230. The number of amides is 1. The van der Waals surface area contributed by atoms with Crippen molar-refractivity contribution >= 4 is 29.6 Å². The Hall–Kier alpha value is -3.89. The van der Waals surface area contributed by atoms with Gasteiger partial charge >= 0.3 is 18.1 Å². The Morgan fingerprint density at radius 1 is 1.13 bits per heavy atom. The average molecular weight is 551 g/mol. The number of hydrogen-bond acceptors (Lipinski definition) is 7. The van der Waals surface area contributed by atoms with Gasteiger partial charge in [-0.15, -0.1) is 11.8 Å². The first-order valence-corrected chi connectivity index (χ1v) is 12.3. The summed E-state index contributed by atoms with van der Waals surface area (Å²) < 4.78 is 40.3. The summed E-state index contributed by atoms with van der Waals surface area (Å²) in [5.74, 6) is -3.59. The van der Waals surface area contributed by atoms with Crippen LogP contribution in [0.2, 0.25) is 0 Å². The van der Waals surface area contributed by atoms with Crippen molar-refractivity contribution in [1.29, 1.82) is 5.26 Å². The zero-order valence-electron chi connectivity index (χ0n) is 20.5. The largest absolute Gasteiger partial charge is 0.473 e. The lowest BCUT2D eigenvalue weighted by molar-refractivity contribution is -0.159. The van der Waals surface area contributed by atoms with Crippen LogP contribution in [0.3, 0.4) is 0 Å². The molecule has 1 aromatic heterocycles. The van der Waals surface area contributed by atoms with Gasteiger partial charge in [0.05, 0.1) is 22.2 Å². The highest BCUT2D eigenvalue weighted by Crippen LogP contribution is 2.47. The van der Waals surface area contributed by atoms with E-state index in [4.69, 9.17) is 19.8 Å². The minimum Gasteiger partial charge on any atom is -0.473 e. The van der Waals surface area contributed by atoms with Crippen LogP contribution in [0.15, 0.2) is 59.4 Å². The molecule has 2 aromatic rings. The zero-order valence-corrected chi connectivity index (χ0v) is 21.3. The van der Waals surface area contributed by atoms with E-state index < -0.39 is 35.0 Å². The number of nitriles is 1. The van der Waals surface area contributed by atoms with Crippen molar-refractivity contribution in [3.63, 3.8) is 0 Å². The van der Waals surface area contributed by atoms with E-state index in [-0.39, 0.29) is 11.1 Å². The number of carboxylic acids is 2. The van der Waals surface area contributed by atoms with E-state index in [2.05, 4.69) is 21.3 Å². The number of alkyl halides is 3. The lowest BCUT2D eigenvalue weighted by atomic mass is 9.70. The van der Waals surface area contributed by atoms with Crippen LogP contribution in [0.5, 0.6) is 0 Å². The minimum absolute atomic E-state index is 0.0775. The fraction of sp³-hybridized carbons (Fsp3) is 0.320. The van der Waals surface area contributed by atoms with Crippen LogP contribution >= 0.6 is 11.8 Å². The molecule has 0 radical (unpaired) electrons. The maximum Gasteiger partial charge on any atom is 0.416 e. The summed E-state index contributed by atoms with van der Waals surface area (Å²) in [7, 11) is 0. The van der Waals surface area contributed by atoms with Gasteiger partial charge in [-0.05, 0) is 36.3 Å². The van der Waals surface area contributed by atoms with E-state index in [0.717, 1.165) is 31.8 Å². The number of aromatic nitrogens is 1. The Kier molecular flexibility index (Phi) is 10.4. The predicted octanol–water partition coefficient (Wildman–Crippen LogP) is 3.48. The molecule has 1 unspecified atom stereocenters. The molecule has 2 heterocycles. The highest BCUT2D eigenvalue weighted by molar-refractivity contribution is 8.03. The number of rotatable bonds is 8. The number of halogens is 3. The van der Waals surface area contributed by atoms with Crippen molar-refractivity contribution < 1.29 is 37.8 Å². The highest BCUT2D eigenvalue weighted by Gasteiger charge is 2.53. The van der Waals surface area contributed by atoms with Crippen molar-refractivity contribution in [3.05, 3.63) is 76.1 Å². The first kappa shape index (κ1) is 30.3. The van der Waals surface area contributed by atoms with Gasteiger partial charge in [0, 0.05) is 24.7 Å². The van der Waals surface area contributed by atoms with Crippen LogP contribution in [0, 0.1) is 11.3 Å². The van der Waals surface area contributed by atoms with Gasteiger partial charge in [0.2, 0.25) is 5.91 Å². The maximum absolute atomic E-state index is 13.4. The second-order valence-electron chi connectivity index (χ2n) is 7.83. The number of carbonyl (C=O) groups is 3. The summed E-state index contributed by atoms with van der Waals surface area (Å²) in [6, 6.07) is 9.90. The van der Waals surface area contributed by atoms with Crippen molar-refractivity contribution in [2.45, 2.75) is 25.4 Å². The molecule has 1 atom stereocenters. The molecule has 0 bridgehead atoms. The summed E-state index contributed by atoms with van der Waals surface area (Å²) in [4.78, 5) is 37.9. The Balaban J connectivity index is 0.000000757. The normalized spacial score (nSPS) is 16.9. The molecular formula is C25H25F3N4O5S. The molecule has 202 valence electrons. The lowest BCUT2D eigenvalue weighted by Crippen LogP contribution is -2.40. The molecule has 38 heavy (non-hydrogen) atoms. The summed E-state index contributed by atoms with van der Waals surface area (Å²) in [6.07, 6.45) is -1.66. The fourth-order valence-corrected chi connectivity index (χ4v) is 4.90. The Morgan fingerprint density at radius 2 is 1.76 bits per heavy atom. The van der Waals surface area contributed by atoms with Gasteiger partial charge in [-0.2, -0.15) is 18.4 Å². The molecule has 0 aliphatic carbocycles. The Morgan fingerprint density at radius 3 is 2.26 bits per heavy atom. The van der Waals surface area contributed by atoms with Gasteiger partial charge in [0.1, 0.15) is 5.41 Å². The van der Waals surface area contributed by atoms with Gasteiger partial charge in [0.25, 0.3) is 0 Å². The minimum atomic E-state index is -4.58. The number of thioether (sulfide) groups is 1. The standard InChI is InChI=1S/C23H23F3N4OS.C2H2O4/c1-3-30(4-2)11-12-32-20-19(14-27)22(21(31)29-20,18-9-6-10-28-15-18)16-7-5-8-17(13-16)23(24,25)26;3-1(4)2(5)6/h5-10,13,15H,3-4,11-12H2,1-2H3,(H,29,31);(H,3,4)(H,5,6). The fourth-order valence-electron chi connectivity index (χ4n) is 3.83. The molecule has 1 aromatic carbocycles. The number of hydrogen-bond donors (Lipinski definition) is 3. The van der Waals surface area contributed by atoms with E-state index in [1.54, 1.807) is 12.1 Å². The molecule has 9 nitrogen and oxygen atoms in total. The molecule has 3 N–H and O–H groups in total. The van der Waals surface area contributed by atoms with Crippen molar-refractivity contribution in [3.8, 4) is 6.07 Å². The van der Waals surface area contributed by atoms with Gasteiger partial charge in [-0.1, -0.05) is 38.1 Å². The van der Waals surface area contributed by atoms with Gasteiger partial charge in [-0.3, -0.25) is 9.78 Å². The monoisotopic (exact) mass is 550 g/mol. The number of aliphatic carboxylic acids is 2. The average Bonchev–Trinajstić information content (AvgIpc) is 3.18. The number of nitrogens with one attached hydrogen (secondary N) is 1. The summed E-state index contributed by atoms with van der Waals surface area (Å²) in [5, 5.41) is 28.0. The lowest BCUT2D eigenvalue weighted by Gasteiger charge is -2.28. The first-order valence-electron chi connectivity index (χ1n) is 11.3. The van der Waals surface area contributed by atoms with Crippen LogP contribution in [-0.2, 0) is 26.0 Å². The molecule has 0 saturated carbocycles. The SMILES string of the molecule is CCN(CC)CCSC1=C(C#N)C(c2cccnc2)(c2cccc(C(F)(F)F)c2)C(=O)N1.O=C(O)C(=O)O. The molecule has 3 rings (SSSR count). The Labute approximate surface area is 221 Å². The third kappa shape index (κ3) is 6.70. The molecular weight excluding hydrogens is 525 g/mol. The topological polar surface area (TPSA) is 144 Å². The van der Waals surface area contributed by atoms with Gasteiger partial charge < -0.3 is 20.4 Å². The van der Waals surface area contributed by atoms with E-state index in [9.17, 15) is 23.2 Å². The number of nitrogens with zero attached hydrogens (tertiary/aromatic N) is 3. The second-order valence-corrected chi connectivity index (χ2v) is 8.93. The molecule has 1 aliphatic heterocycles. The van der Waals surface area contributed by atoms with E-state index in [1.165, 1.54) is 36.3 Å². The molecule has 1 aliphatic rings. The van der Waals surface area contributed by atoms with E-state index in [1.807, 2.05) is 13.8 Å². The summed E-state index contributed by atoms with van der Waals surface area (Å²) in [5.41, 5.74) is -2.09. The summed E-state index contributed by atoms with van der Waals surface area (Å²) in [6.45, 7) is 6.59. The summed E-state index contributed by atoms with van der Waals surface area (Å²) >= 11 is 1.32. The molecule has 1 amide bonds. The van der Waals surface area contributed by atoms with Crippen LogP contribution in [0.25, 0.3) is 0 Å². The number of carbonyl (C=O) groups excluding carboxylic acids is 1. The van der Waals surface area contributed by atoms with E-state index in [0.29, 0.717) is 16.3 Å². The number of carboxylic acid groups (broad SMARTS) is 2. The molecule has 13 heteroatoms. The molecule has 0 spiro atoms. The zero-order chi connectivity index (χ0) is 28.5. The number of pyridine rings is 1. The maximum atomic E-state index is 13.4. The smallest absolute Gasteiger partial charge is 0.416 e.